The number of alkyl halides is 1. The van der Waals surface area contributed by atoms with Crippen molar-refractivity contribution < 1.29 is 9.53 Å². The number of unbranched alkanes of at least 4 members (excludes halogenated alkanes) is 6. The van der Waals surface area contributed by atoms with E-state index in [-0.39, 0.29) is 5.97 Å². The van der Waals surface area contributed by atoms with Crippen molar-refractivity contribution >= 4 is 21.9 Å². The van der Waals surface area contributed by atoms with Gasteiger partial charge < -0.3 is 4.74 Å². The van der Waals surface area contributed by atoms with E-state index in [0.29, 0.717) is 17.9 Å². The van der Waals surface area contributed by atoms with Crippen LogP contribution in [0.15, 0.2) is 0 Å². The van der Waals surface area contributed by atoms with Crippen LogP contribution in [0.25, 0.3) is 0 Å². The smallest absolute Gasteiger partial charge is 0.305 e. The quantitative estimate of drug-likeness (QED) is 0.218. The Morgan fingerprint density at radius 2 is 1.60 bits per heavy atom. The zero-order valence-electron chi connectivity index (χ0n) is 13.5. The van der Waals surface area contributed by atoms with Crippen molar-refractivity contribution in [2.24, 2.45) is 0 Å². The van der Waals surface area contributed by atoms with E-state index in [9.17, 15) is 4.79 Å². The number of halogens is 1. The summed E-state index contributed by atoms with van der Waals surface area (Å²) in [7, 11) is 0. The molecule has 1 atom stereocenters. The van der Waals surface area contributed by atoms with Gasteiger partial charge in [0.15, 0.2) is 0 Å². The van der Waals surface area contributed by atoms with Crippen molar-refractivity contribution in [2.45, 2.75) is 95.7 Å². The van der Waals surface area contributed by atoms with E-state index in [1.54, 1.807) is 0 Å². The molecule has 0 amide bonds. The van der Waals surface area contributed by atoms with Crippen LogP contribution in [-0.2, 0) is 9.53 Å². The van der Waals surface area contributed by atoms with Crippen LogP contribution in [0.4, 0.5) is 0 Å². The average Bonchev–Trinajstić information content (AvgIpc) is 2.42. The molecule has 0 rings (SSSR count). The first kappa shape index (κ1) is 19.9. The molecule has 0 fully saturated rings. The molecule has 0 saturated heterocycles. The lowest BCUT2D eigenvalue weighted by molar-refractivity contribution is -0.143. The van der Waals surface area contributed by atoms with Gasteiger partial charge in [-0.15, -0.1) is 0 Å². The fraction of sp³-hybridized carbons (Fsp3) is 0.941. The van der Waals surface area contributed by atoms with Crippen LogP contribution in [0.1, 0.15) is 90.9 Å². The number of carbonyl (C=O) groups is 1. The fourth-order valence-corrected chi connectivity index (χ4v) is 3.01. The Hall–Kier alpha value is -0.0500. The number of ether oxygens (including phenoxy) is 1. The molecule has 0 N–H and O–H groups in total. The van der Waals surface area contributed by atoms with Gasteiger partial charge in [-0.1, -0.05) is 74.7 Å². The standard InChI is InChI=1S/C17H33BrO2/c1-3-5-6-7-11-15-20-17(19)14-10-8-9-13-16(18)12-4-2/h16H,3-15H2,1-2H3. The van der Waals surface area contributed by atoms with Crippen LogP contribution >= 0.6 is 15.9 Å². The molecule has 2 nitrogen and oxygen atoms in total. The van der Waals surface area contributed by atoms with Crippen LogP contribution < -0.4 is 0 Å². The van der Waals surface area contributed by atoms with Gasteiger partial charge in [0.2, 0.25) is 0 Å². The number of hydrogen-bond acceptors (Lipinski definition) is 2. The van der Waals surface area contributed by atoms with Crippen LogP contribution in [0.3, 0.4) is 0 Å². The first-order chi connectivity index (χ1) is 9.70. The zero-order valence-corrected chi connectivity index (χ0v) is 15.1. The maximum Gasteiger partial charge on any atom is 0.305 e. The molecule has 0 aromatic carbocycles. The Labute approximate surface area is 134 Å². The minimum Gasteiger partial charge on any atom is -0.466 e. The summed E-state index contributed by atoms with van der Waals surface area (Å²) < 4.78 is 5.24. The summed E-state index contributed by atoms with van der Waals surface area (Å²) in [4.78, 5) is 12.2. The first-order valence-electron chi connectivity index (χ1n) is 8.50. The molecule has 0 bridgehead atoms. The second-order valence-electron chi connectivity index (χ2n) is 5.62. The van der Waals surface area contributed by atoms with E-state index < -0.39 is 0 Å². The molecule has 0 aromatic rings. The van der Waals surface area contributed by atoms with Gasteiger partial charge in [-0.2, -0.15) is 0 Å². The van der Waals surface area contributed by atoms with Crippen molar-refractivity contribution in [3.63, 3.8) is 0 Å². The lowest BCUT2D eigenvalue weighted by Gasteiger charge is -2.08. The third-order valence-corrected chi connectivity index (χ3v) is 4.43. The van der Waals surface area contributed by atoms with Gasteiger partial charge in [-0.25, -0.2) is 0 Å². The van der Waals surface area contributed by atoms with E-state index in [1.165, 1.54) is 51.4 Å². The average molecular weight is 349 g/mol. The van der Waals surface area contributed by atoms with Gasteiger partial charge >= 0.3 is 5.97 Å². The molecule has 0 radical (unpaired) electrons. The highest BCUT2D eigenvalue weighted by molar-refractivity contribution is 9.09. The molecule has 20 heavy (non-hydrogen) atoms. The highest BCUT2D eigenvalue weighted by Gasteiger charge is 2.04. The monoisotopic (exact) mass is 348 g/mol. The fourth-order valence-electron chi connectivity index (χ4n) is 2.23. The minimum absolute atomic E-state index is 0.00978. The highest BCUT2D eigenvalue weighted by Crippen LogP contribution is 2.16. The van der Waals surface area contributed by atoms with Crippen LogP contribution in [-0.4, -0.2) is 17.4 Å². The predicted octanol–water partition coefficient (Wildman–Crippen LogP) is 6.01. The Kier molecular flexibility index (Phi) is 15.3. The predicted molar refractivity (Wildman–Crippen MR) is 90.4 cm³/mol. The Balaban J connectivity index is 3.24. The maximum absolute atomic E-state index is 11.5. The van der Waals surface area contributed by atoms with Crippen molar-refractivity contribution in [3.8, 4) is 0 Å². The molecule has 0 aliphatic heterocycles. The van der Waals surface area contributed by atoms with Gasteiger partial charge in [-0.05, 0) is 25.7 Å². The molecule has 0 saturated carbocycles. The SMILES string of the molecule is CCCCCCCOC(=O)CCCCCC(Br)CCC. The van der Waals surface area contributed by atoms with Crippen molar-refractivity contribution in [2.75, 3.05) is 6.61 Å². The molecule has 0 spiro atoms. The Morgan fingerprint density at radius 1 is 0.900 bits per heavy atom. The van der Waals surface area contributed by atoms with Crippen LogP contribution in [0.5, 0.6) is 0 Å². The van der Waals surface area contributed by atoms with E-state index >= 15 is 0 Å². The van der Waals surface area contributed by atoms with Crippen molar-refractivity contribution in [3.05, 3.63) is 0 Å². The van der Waals surface area contributed by atoms with Gasteiger partial charge in [0.25, 0.3) is 0 Å². The molecule has 1 unspecified atom stereocenters. The lowest BCUT2D eigenvalue weighted by atomic mass is 10.1. The normalized spacial score (nSPS) is 12.3. The third-order valence-electron chi connectivity index (χ3n) is 3.51. The van der Waals surface area contributed by atoms with E-state index in [2.05, 4.69) is 29.8 Å². The summed E-state index contributed by atoms with van der Waals surface area (Å²) in [5, 5.41) is 0. The molecule has 0 aliphatic rings. The second kappa shape index (κ2) is 15.3. The van der Waals surface area contributed by atoms with E-state index in [0.717, 1.165) is 19.3 Å². The molecular formula is C17H33BrO2. The molecule has 120 valence electrons. The third kappa shape index (κ3) is 14.4. The summed E-state index contributed by atoms with van der Waals surface area (Å²) in [6.45, 7) is 5.04. The molecular weight excluding hydrogens is 316 g/mol. The number of esters is 1. The lowest BCUT2D eigenvalue weighted by Crippen LogP contribution is -2.05. The van der Waals surface area contributed by atoms with E-state index in [1.807, 2.05) is 0 Å². The highest BCUT2D eigenvalue weighted by atomic mass is 79.9. The molecule has 0 aromatic heterocycles. The maximum atomic E-state index is 11.5. The van der Waals surface area contributed by atoms with Gasteiger partial charge in [0.05, 0.1) is 6.61 Å². The number of hydrogen-bond donors (Lipinski definition) is 0. The van der Waals surface area contributed by atoms with Gasteiger partial charge in [0, 0.05) is 11.2 Å². The Morgan fingerprint density at radius 3 is 2.30 bits per heavy atom. The summed E-state index contributed by atoms with van der Waals surface area (Å²) in [5.74, 6) is -0.00978. The van der Waals surface area contributed by atoms with Crippen molar-refractivity contribution in [1.82, 2.24) is 0 Å². The molecule has 0 heterocycles. The summed E-state index contributed by atoms with van der Waals surface area (Å²) in [6.07, 6.45) is 13.6. The Bertz CT molecular complexity index is 219. The number of carbonyl (C=O) groups excluding carboxylic acids is 1. The van der Waals surface area contributed by atoms with Crippen LogP contribution in [0, 0.1) is 0 Å². The largest absolute Gasteiger partial charge is 0.466 e. The minimum atomic E-state index is -0.00978. The summed E-state index contributed by atoms with van der Waals surface area (Å²) >= 11 is 3.69. The number of rotatable bonds is 14. The second-order valence-corrected chi connectivity index (χ2v) is 6.91. The topological polar surface area (TPSA) is 26.3 Å². The molecule has 0 aliphatic carbocycles. The summed E-state index contributed by atoms with van der Waals surface area (Å²) in [5.41, 5.74) is 0. The van der Waals surface area contributed by atoms with Crippen molar-refractivity contribution in [1.29, 1.82) is 0 Å². The van der Waals surface area contributed by atoms with Gasteiger partial charge in [0.1, 0.15) is 0 Å². The zero-order chi connectivity index (χ0) is 15.1. The summed E-state index contributed by atoms with van der Waals surface area (Å²) in [6, 6.07) is 0. The first-order valence-corrected chi connectivity index (χ1v) is 9.42. The van der Waals surface area contributed by atoms with E-state index in [4.69, 9.17) is 4.74 Å². The molecule has 3 heteroatoms. The van der Waals surface area contributed by atoms with Crippen LogP contribution in [0.2, 0.25) is 0 Å². The van der Waals surface area contributed by atoms with Gasteiger partial charge in [-0.3, -0.25) is 4.79 Å².